The van der Waals surface area contributed by atoms with Crippen molar-refractivity contribution in [3.8, 4) is 0 Å². The number of nitrogens with zero attached hydrogens (tertiary/aromatic N) is 1. The maximum atomic E-state index is 12.6. The number of carbonyl (C=O) groups excluding carboxylic acids is 2. The quantitative estimate of drug-likeness (QED) is 0.792. The largest absolute Gasteiger partial charge is 0.348 e. The fraction of sp³-hybridized carbons (Fsp3) is 0.364. The van der Waals surface area contributed by atoms with E-state index < -0.39 is 0 Å². The van der Waals surface area contributed by atoms with E-state index in [1.165, 1.54) is 0 Å². The molecule has 3 amide bonds. The van der Waals surface area contributed by atoms with E-state index >= 15 is 0 Å². The van der Waals surface area contributed by atoms with Crippen molar-refractivity contribution in [2.24, 2.45) is 0 Å². The molecule has 1 unspecified atom stereocenters. The SMILES string of the molecule is CCNC(=O)N1CCCC(c2cccc(C(=O)NCc3ccccc3Cl)c2)C1. The number of likely N-dealkylation sites (tertiary alicyclic amines) is 1. The average molecular weight is 400 g/mol. The number of nitrogens with one attached hydrogen (secondary N) is 2. The monoisotopic (exact) mass is 399 g/mol. The van der Waals surface area contributed by atoms with Crippen LogP contribution in [0.5, 0.6) is 0 Å². The molecule has 0 spiro atoms. The predicted octanol–water partition coefficient (Wildman–Crippen LogP) is 4.18. The Morgan fingerprint density at radius 2 is 1.96 bits per heavy atom. The Hall–Kier alpha value is -2.53. The molecule has 1 aliphatic heterocycles. The maximum Gasteiger partial charge on any atom is 0.317 e. The molecule has 1 aliphatic rings. The summed E-state index contributed by atoms with van der Waals surface area (Å²) >= 11 is 6.15. The standard InChI is InChI=1S/C22H26ClN3O2/c1-2-24-22(28)26-12-6-10-19(15-26)16-8-5-9-17(13-16)21(27)25-14-18-7-3-4-11-20(18)23/h3-5,7-9,11,13,19H,2,6,10,12,14-15H2,1H3,(H,24,28)(H,25,27). The van der Waals surface area contributed by atoms with Gasteiger partial charge in [0.25, 0.3) is 5.91 Å². The van der Waals surface area contributed by atoms with Gasteiger partial charge in [0, 0.05) is 42.7 Å². The molecular weight excluding hydrogens is 374 g/mol. The van der Waals surface area contributed by atoms with E-state index in [9.17, 15) is 9.59 Å². The molecule has 6 heteroatoms. The van der Waals surface area contributed by atoms with Crippen molar-refractivity contribution >= 4 is 23.5 Å². The molecule has 0 bridgehead atoms. The molecule has 2 aromatic carbocycles. The molecule has 3 rings (SSSR count). The van der Waals surface area contributed by atoms with Crippen molar-refractivity contribution in [3.05, 3.63) is 70.2 Å². The van der Waals surface area contributed by atoms with E-state index in [-0.39, 0.29) is 17.9 Å². The molecule has 1 fully saturated rings. The number of urea groups is 1. The van der Waals surface area contributed by atoms with Crippen molar-refractivity contribution in [2.45, 2.75) is 32.2 Å². The molecule has 0 saturated carbocycles. The minimum Gasteiger partial charge on any atom is -0.348 e. The first-order valence-electron chi connectivity index (χ1n) is 9.72. The Morgan fingerprint density at radius 3 is 2.75 bits per heavy atom. The third-order valence-electron chi connectivity index (χ3n) is 5.05. The second kappa shape index (κ2) is 9.60. The summed E-state index contributed by atoms with van der Waals surface area (Å²) in [7, 11) is 0. The molecule has 0 radical (unpaired) electrons. The molecule has 28 heavy (non-hydrogen) atoms. The Morgan fingerprint density at radius 1 is 1.14 bits per heavy atom. The first-order valence-corrected chi connectivity index (χ1v) is 10.1. The predicted molar refractivity (Wildman–Crippen MR) is 112 cm³/mol. The van der Waals surface area contributed by atoms with E-state index in [1.807, 2.05) is 60.4 Å². The third-order valence-corrected chi connectivity index (χ3v) is 5.42. The fourth-order valence-corrected chi connectivity index (χ4v) is 3.75. The van der Waals surface area contributed by atoms with Crippen LogP contribution in [0.25, 0.3) is 0 Å². The van der Waals surface area contributed by atoms with Crippen molar-refractivity contribution in [3.63, 3.8) is 0 Å². The Bertz CT molecular complexity index is 840. The van der Waals surface area contributed by atoms with Crippen LogP contribution in [0.2, 0.25) is 5.02 Å². The van der Waals surface area contributed by atoms with Gasteiger partial charge in [0.05, 0.1) is 0 Å². The summed E-state index contributed by atoms with van der Waals surface area (Å²) < 4.78 is 0. The van der Waals surface area contributed by atoms with Gasteiger partial charge < -0.3 is 15.5 Å². The first-order chi connectivity index (χ1) is 13.6. The van der Waals surface area contributed by atoms with Crippen molar-refractivity contribution in [1.29, 1.82) is 0 Å². The molecule has 5 nitrogen and oxygen atoms in total. The summed E-state index contributed by atoms with van der Waals surface area (Å²) in [5.74, 6) is 0.117. The highest BCUT2D eigenvalue weighted by atomic mass is 35.5. The van der Waals surface area contributed by atoms with Crippen molar-refractivity contribution in [2.75, 3.05) is 19.6 Å². The summed E-state index contributed by atoms with van der Waals surface area (Å²) in [5, 5.41) is 6.44. The molecule has 0 aromatic heterocycles. The van der Waals surface area contributed by atoms with Crippen molar-refractivity contribution < 1.29 is 9.59 Å². The first kappa shape index (κ1) is 20.2. The van der Waals surface area contributed by atoms with Gasteiger partial charge in [0.1, 0.15) is 0 Å². The van der Waals surface area contributed by atoms with Gasteiger partial charge >= 0.3 is 6.03 Å². The molecule has 148 valence electrons. The molecule has 2 aromatic rings. The second-order valence-corrected chi connectivity index (χ2v) is 7.43. The number of piperidine rings is 1. The van der Waals surface area contributed by atoms with Crippen LogP contribution in [0.1, 0.15) is 47.2 Å². The van der Waals surface area contributed by atoms with Gasteiger partial charge in [-0.15, -0.1) is 0 Å². The van der Waals surface area contributed by atoms with E-state index in [1.54, 1.807) is 0 Å². The highest BCUT2D eigenvalue weighted by Gasteiger charge is 2.24. The van der Waals surface area contributed by atoms with E-state index in [2.05, 4.69) is 10.6 Å². The number of hydrogen-bond acceptors (Lipinski definition) is 2. The molecule has 1 saturated heterocycles. The van der Waals surface area contributed by atoms with Crippen LogP contribution >= 0.6 is 11.6 Å². The maximum absolute atomic E-state index is 12.6. The van der Waals surface area contributed by atoms with Crippen LogP contribution in [-0.2, 0) is 6.54 Å². The molecule has 1 atom stereocenters. The summed E-state index contributed by atoms with van der Waals surface area (Å²) in [6.45, 7) is 4.39. The Labute approximate surface area is 171 Å². The summed E-state index contributed by atoms with van der Waals surface area (Å²) in [6.07, 6.45) is 1.98. The van der Waals surface area contributed by atoms with Gasteiger partial charge in [-0.25, -0.2) is 4.79 Å². The zero-order valence-electron chi connectivity index (χ0n) is 16.1. The summed E-state index contributed by atoms with van der Waals surface area (Å²) in [6, 6.07) is 15.2. The summed E-state index contributed by atoms with van der Waals surface area (Å²) in [4.78, 5) is 26.6. The second-order valence-electron chi connectivity index (χ2n) is 7.02. The topological polar surface area (TPSA) is 61.4 Å². The molecule has 0 aliphatic carbocycles. The molecular formula is C22H26ClN3O2. The Balaban J connectivity index is 1.65. The van der Waals surface area contributed by atoms with Crippen LogP contribution in [0.15, 0.2) is 48.5 Å². The van der Waals surface area contributed by atoms with Crippen LogP contribution in [0.4, 0.5) is 4.79 Å². The zero-order chi connectivity index (χ0) is 19.9. The number of hydrogen-bond donors (Lipinski definition) is 2. The number of carbonyl (C=O) groups is 2. The highest BCUT2D eigenvalue weighted by Crippen LogP contribution is 2.27. The lowest BCUT2D eigenvalue weighted by Gasteiger charge is -2.33. The van der Waals surface area contributed by atoms with Crippen LogP contribution in [0.3, 0.4) is 0 Å². The summed E-state index contributed by atoms with van der Waals surface area (Å²) in [5.41, 5.74) is 2.61. The van der Waals surface area contributed by atoms with Gasteiger partial charge in [-0.05, 0) is 49.1 Å². The lowest BCUT2D eigenvalue weighted by molar-refractivity contribution is 0.0950. The third kappa shape index (κ3) is 5.04. The van der Waals surface area contributed by atoms with Gasteiger partial charge in [0.2, 0.25) is 0 Å². The minimum absolute atomic E-state index is 0.0131. The lowest BCUT2D eigenvalue weighted by Crippen LogP contribution is -2.44. The smallest absolute Gasteiger partial charge is 0.317 e. The molecule has 1 heterocycles. The van der Waals surface area contributed by atoms with Crippen molar-refractivity contribution in [1.82, 2.24) is 15.5 Å². The average Bonchev–Trinajstić information content (AvgIpc) is 2.73. The number of halogens is 1. The zero-order valence-corrected chi connectivity index (χ0v) is 16.8. The van der Waals surface area contributed by atoms with Crippen LogP contribution in [-0.4, -0.2) is 36.5 Å². The van der Waals surface area contributed by atoms with E-state index in [4.69, 9.17) is 11.6 Å². The number of benzene rings is 2. The van der Waals surface area contributed by atoms with Gasteiger partial charge in [-0.3, -0.25) is 4.79 Å². The normalized spacial score (nSPS) is 16.5. The van der Waals surface area contributed by atoms with Gasteiger partial charge in [0.15, 0.2) is 0 Å². The van der Waals surface area contributed by atoms with Crippen LogP contribution < -0.4 is 10.6 Å². The number of amides is 3. The molecule has 2 N–H and O–H groups in total. The fourth-order valence-electron chi connectivity index (χ4n) is 3.55. The highest BCUT2D eigenvalue weighted by molar-refractivity contribution is 6.31. The number of rotatable bonds is 5. The van der Waals surface area contributed by atoms with E-state index in [0.29, 0.717) is 30.2 Å². The minimum atomic E-state index is -0.127. The lowest BCUT2D eigenvalue weighted by atomic mass is 9.89. The Kier molecular flexibility index (Phi) is 6.93. The van der Waals surface area contributed by atoms with Crippen LogP contribution in [0, 0.1) is 0 Å². The van der Waals surface area contributed by atoms with Gasteiger partial charge in [-0.1, -0.05) is 41.9 Å². The van der Waals surface area contributed by atoms with Gasteiger partial charge in [-0.2, -0.15) is 0 Å². The van der Waals surface area contributed by atoms with E-state index in [0.717, 1.165) is 30.5 Å².